The van der Waals surface area contributed by atoms with Gasteiger partial charge in [0.1, 0.15) is 0 Å². The quantitative estimate of drug-likeness (QED) is 0.0208. The Morgan fingerprint density at radius 2 is 0.218 bits per heavy atom. The third-order valence-corrected chi connectivity index (χ3v) is 71.7. The SMILES string of the molecule is CCCCc1ccc([C]2[C](c3ccc(CCCC)cc3)[C](c3ccc(CCCC)cc3)[C](c3ccc(CCCC)cc3)[C]2c2ccc(CCCC)cc2)cc1.CCCCc1ccc([C]2[C](c3ccc(CCCC)cc3)[C](c3ccc(CCCC)cc3)[C](c3ccc(CCCC)cc3)[C]2c2ccc(CCCC)cc2)cc1.[C-]#[O+].[C-]#[O+].[C-]#[O+].[C-]#[O+].[Mn].[Mn].p12p3p1p23. The van der Waals surface area contributed by atoms with Crippen molar-refractivity contribution in [3.63, 3.8) is 0 Å². The summed E-state index contributed by atoms with van der Waals surface area (Å²) in [5, 5.41) is 0. The molecule has 4 aromatic heterocycles. The zero-order valence-corrected chi connectivity index (χ0v) is 81.4. The van der Waals surface area contributed by atoms with Gasteiger partial charge in [-0.3, -0.25) is 0 Å². The number of aryl methyl sites for hydroxylation is 10. The second-order valence-electron chi connectivity index (χ2n) is 32.8. The van der Waals surface area contributed by atoms with Gasteiger partial charge >= 0.3 is 45.2 Å². The predicted octanol–water partition coefficient (Wildman–Crippen LogP) is 32.9. The minimum atomic E-state index is 0. The van der Waals surface area contributed by atoms with Crippen molar-refractivity contribution in [1.82, 2.24) is 0 Å². The molecule has 0 spiro atoms. The molecule has 4 nitrogen and oxygen atoms in total. The summed E-state index contributed by atoms with van der Waals surface area (Å²) in [6.07, 6.45) is 39.9. The predicted molar refractivity (Wildman–Crippen MR) is 517 cm³/mol. The Morgan fingerprint density at radius 1 is 0.145 bits per heavy atom. The Bertz CT molecular complexity index is 3920. The Balaban J connectivity index is 0.000000296. The molecular formula is C114H130Mn2O4P4. The van der Waals surface area contributed by atoms with Crippen LogP contribution in [0.2, 0.25) is 0 Å². The maximum atomic E-state index is 7.50. The van der Waals surface area contributed by atoms with E-state index in [1.165, 1.54) is 299 Å². The van der Waals surface area contributed by atoms with Crippen molar-refractivity contribution >= 4 is 25.5 Å². The van der Waals surface area contributed by atoms with Crippen molar-refractivity contribution in [2.24, 2.45) is 0 Å². The van der Waals surface area contributed by atoms with Crippen LogP contribution in [0, 0.1) is 85.8 Å². The molecule has 12 radical (unpaired) electrons. The van der Waals surface area contributed by atoms with E-state index in [1.807, 2.05) is 0 Å². The average molecular weight is 1800 g/mol. The van der Waals surface area contributed by atoms with Crippen LogP contribution in [0.3, 0.4) is 0 Å². The summed E-state index contributed by atoms with van der Waals surface area (Å²) in [7, 11) is 0. The third kappa shape index (κ3) is 28.7. The van der Waals surface area contributed by atoms with Crippen LogP contribution in [-0.4, -0.2) is 0 Å². The summed E-state index contributed by atoms with van der Waals surface area (Å²) >= 11 is 0. The summed E-state index contributed by atoms with van der Waals surface area (Å²) in [4.78, 5) is 0. The molecule has 2 fully saturated rings. The molecule has 2 aliphatic carbocycles. The van der Waals surface area contributed by atoms with Crippen LogP contribution in [0.4, 0.5) is 0 Å². The summed E-state index contributed by atoms with van der Waals surface area (Å²) in [6.45, 7) is 40.9. The van der Waals surface area contributed by atoms with E-state index >= 15 is 0 Å². The van der Waals surface area contributed by atoms with E-state index in [0.29, 0.717) is 0 Å². The first-order chi connectivity index (χ1) is 60.2. The molecule has 0 saturated heterocycles. The number of hydrogen-bond donors (Lipinski definition) is 0. The van der Waals surface area contributed by atoms with Gasteiger partial charge in [0.2, 0.25) is 0 Å². The minimum Gasteiger partial charge on any atom is 0 e. The van der Waals surface area contributed by atoms with Crippen molar-refractivity contribution in [2.75, 3.05) is 0 Å². The average Bonchev–Trinajstić information content (AvgIpc) is 1.39. The fraction of sp³-hybridized carbons (Fsp3) is 0.351. The van der Waals surface area contributed by atoms with Gasteiger partial charge in [0.25, 0.3) is 0 Å². The van der Waals surface area contributed by atoms with E-state index in [4.69, 9.17) is 18.6 Å². The molecule has 16 rings (SSSR count). The van der Waals surface area contributed by atoms with Crippen molar-refractivity contribution in [3.05, 3.63) is 440 Å². The second-order valence-corrected chi connectivity index (χ2v) is 60.7. The molecule has 0 bridgehead atoms. The molecule has 10 heteroatoms. The normalized spacial score (nSPS) is 14.2. The fourth-order valence-corrected chi connectivity index (χ4v) is 78.2. The Kier molecular flexibility index (Phi) is 47.7. The largest absolute Gasteiger partial charge is 0 e. The van der Waals surface area contributed by atoms with Gasteiger partial charge in [0.05, 0.1) is 0 Å². The van der Waals surface area contributed by atoms with Gasteiger partial charge in [0, 0.05) is 119 Å². The molecule has 2 aliphatic rings. The van der Waals surface area contributed by atoms with E-state index in [-0.39, 0.29) is 34.1 Å². The molecular weight excluding hydrogens is 1670 g/mol. The monoisotopic (exact) mass is 1800 g/mol. The van der Waals surface area contributed by atoms with Gasteiger partial charge in [-0.1, -0.05) is 376 Å². The van der Waals surface area contributed by atoms with E-state index in [9.17, 15) is 0 Å². The topological polar surface area (TPSA) is 79.6 Å². The van der Waals surface area contributed by atoms with Crippen LogP contribution in [0.25, 0.3) is 0 Å². The van der Waals surface area contributed by atoms with Crippen LogP contribution >= 0.6 is 25.5 Å². The standard InChI is InChI=1S/2C55H65.4CO.2Mn.P4/c2*1-6-11-16-41-21-31-46(32-22-41)51-52(47-33-23-42(24-34-47)17-12-7-2)54(49-37-27-44(28-38-49)19-14-9-4)55(50-39-29-45(30-40-50)20-15-10-5)53(51)48-35-25-43(26-36-48)18-13-8-3;4*1-2;;;1-2-3(1)4(1)2/h2*21-40H,6-20H2,1-5H3;;;;;;;. The second kappa shape index (κ2) is 56.7. The molecule has 2 saturated carbocycles. The van der Waals surface area contributed by atoms with Gasteiger partial charge in [-0.05, 0) is 240 Å². The number of rotatable bonds is 40. The van der Waals surface area contributed by atoms with Crippen LogP contribution < -0.4 is 0 Å². The molecule has 4 heterocycles. The molecule has 10 aromatic carbocycles. The Labute approximate surface area is 773 Å². The van der Waals surface area contributed by atoms with Crippen molar-refractivity contribution in [3.8, 4) is 0 Å². The van der Waals surface area contributed by atoms with Gasteiger partial charge in [-0.2, -0.15) is 0 Å². The van der Waals surface area contributed by atoms with Gasteiger partial charge < -0.3 is 0 Å². The van der Waals surface area contributed by atoms with E-state index in [0.717, 1.165) is 89.7 Å². The zero-order chi connectivity index (χ0) is 87.1. The van der Waals surface area contributed by atoms with Gasteiger partial charge in [-0.15, -0.1) is 0 Å². The molecule has 0 unspecified atom stereocenters. The maximum Gasteiger partial charge on any atom is 0 e. The first kappa shape index (κ1) is 104. The van der Waals surface area contributed by atoms with Crippen LogP contribution in [-0.2, 0) is 117 Å². The number of hydrogen-bond acceptors (Lipinski definition) is 0. The third-order valence-electron chi connectivity index (χ3n) is 24.0. The van der Waals surface area contributed by atoms with Crippen LogP contribution in [0.15, 0.2) is 243 Å². The van der Waals surface area contributed by atoms with Crippen LogP contribution in [0.5, 0.6) is 0 Å². The molecule has 0 atom stereocenters. The van der Waals surface area contributed by atoms with Gasteiger partial charge in [0.15, 0.2) is 0 Å². The van der Waals surface area contributed by atoms with Crippen molar-refractivity contribution in [1.29, 1.82) is 0 Å². The van der Waals surface area contributed by atoms with E-state index in [1.54, 1.807) is 0 Å². The summed E-state index contributed by atoms with van der Waals surface area (Å²) in [5.41, 5.74) is 27.2. The van der Waals surface area contributed by atoms with E-state index in [2.05, 4.69) is 338 Å². The minimum absolute atomic E-state index is 0. The summed E-state index contributed by atoms with van der Waals surface area (Å²) < 4.78 is 30.0. The smallest absolute Gasteiger partial charge is 0 e. The molecule has 0 aliphatic heterocycles. The first-order valence-electron chi connectivity index (χ1n) is 45.8. The molecule has 124 heavy (non-hydrogen) atoms. The van der Waals surface area contributed by atoms with Gasteiger partial charge in [-0.25, -0.2) is 0 Å². The molecule has 0 amide bonds. The Hall–Kier alpha value is -6.60. The number of unbranched alkanes of at least 4 members (excludes halogenated alkanes) is 10. The molecule has 14 aromatic rings. The number of benzene rings is 10. The van der Waals surface area contributed by atoms with Crippen LogP contribution in [0.1, 0.15) is 309 Å². The molecule has 0 N–H and O–H groups in total. The van der Waals surface area contributed by atoms with Crippen molar-refractivity contribution in [2.45, 2.75) is 262 Å². The summed E-state index contributed by atoms with van der Waals surface area (Å²) in [6, 6.07) is 95.9. The molecule has 644 valence electrons. The zero-order valence-electron chi connectivity index (χ0n) is 75.5. The summed E-state index contributed by atoms with van der Waals surface area (Å²) in [5.74, 6) is 13.5. The Morgan fingerprint density at radius 3 is 0.274 bits per heavy atom. The maximum absolute atomic E-state index is 7.50. The first-order valence-corrected chi connectivity index (χ1v) is 55.4. The van der Waals surface area contributed by atoms with E-state index < -0.39 is 0 Å². The fourth-order valence-electron chi connectivity index (χ4n) is 16.7. The van der Waals surface area contributed by atoms with Crippen molar-refractivity contribution < 1.29 is 52.7 Å².